The highest BCUT2D eigenvalue weighted by atomic mass is 32.1. The second kappa shape index (κ2) is 8.24. The lowest BCUT2D eigenvalue weighted by atomic mass is 9.96. The van der Waals surface area contributed by atoms with Crippen LogP contribution in [-0.4, -0.2) is 57.9 Å². The molecule has 0 aliphatic carbocycles. The smallest absolute Gasteiger partial charge is 0.257 e. The average molecular weight is 409 g/mol. The highest BCUT2D eigenvalue weighted by molar-refractivity contribution is 7.13. The van der Waals surface area contributed by atoms with Crippen molar-refractivity contribution < 1.29 is 4.79 Å². The van der Waals surface area contributed by atoms with Crippen molar-refractivity contribution in [3.05, 3.63) is 53.1 Å². The van der Waals surface area contributed by atoms with E-state index < -0.39 is 0 Å². The fourth-order valence-electron chi connectivity index (χ4n) is 3.54. The lowest BCUT2D eigenvalue weighted by Crippen LogP contribution is -2.39. The number of aromatic nitrogens is 4. The molecule has 1 amide bonds. The number of hydrogen-bond acceptors (Lipinski definition) is 7. The van der Waals surface area contributed by atoms with Crippen LogP contribution in [0.2, 0.25) is 0 Å². The van der Waals surface area contributed by atoms with Crippen molar-refractivity contribution in [2.45, 2.75) is 25.7 Å². The minimum absolute atomic E-state index is 0.0360. The van der Waals surface area contributed by atoms with Crippen LogP contribution in [0.15, 0.2) is 36.0 Å². The van der Waals surface area contributed by atoms with Gasteiger partial charge >= 0.3 is 0 Å². The summed E-state index contributed by atoms with van der Waals surface area (Å²) in [4.78, 5) is 35.8. The van der Waals surface area contributed by atoms with Crippen LogP contribution in [0.3, 0.4) is 0 Å². The van der Waals surface area contributed by atoms with Crippen LogP contribution < -0.4 is 4.90 Å². The van der Waals surface area contributed by atoms with Gasteiger partial charge in [-0.3, -0.25) is 4.79 Å². The van der Waals surface area contributed by atoms with Gasteiger partial charge in [0, 0.05) is 51.2 Å². The number of piperidine rings is 1. The zero-order chi connectivity index (χ0) is 20.4. The van der Waals surface area contributed by atoms with Gasteiger partial charge in [0.15, 0.2) is 0 Å². The maximum atomic E-state index is 13.0. The predicted octanol–water partition coefficient (Wildman–Crippen LogP) is 3.39. The molecule has 0 N–H and O–H groups in total. The first-order valence-electron chi connectivity index (χ1n) is 9.69. The van der Waals surface area contributed by atoms with Crippen LogP contribution in [0, 0.1) is 6.92 Å². The van der Waals surface area contributed by atoms with E-state index in [1.165, 1.54) is 0 Å². The summed E-state index contributed by atoms with van der Waals surface area (Å²) in [5.41, 5.74) is 2.42. The Balaban J connectivity index is 1.53. The number of hydrogen-bond donors (Lipinski definition) is 0. The normalized spacial score (nSPS) is 16.7. The summed E-state index contributed by atoms with van der Waals surface area (Å²) in [6.45, 7) is 3.34. The zero-order valence-corrected chi connectivity index (χ0v) is 17.7. The number of likely N-dealkylation sites (tertiary alicyclic amines) is 1. The summed E-state index contributed by atoms with van der Waals surface area (Å²) in [6.07, 6.45) is 5.12. The average Bonchev–Trinajstić information content (AvgIpc) is 3.28. The number of anilines is 1. The molecule has 0 radical (unpaired) electrons. The summed E-state index contributed by atoms with van der Waals surface area (Å²) in [6, 6.07) is 6.12. The summed E-state index contributed by atoms with van der Waals surface area (Å²) >= 11 is 1.67. The number of carbonyl (C=O) groups excluding carboxylic acids is 1. The Morgan fingerprint density at radius 3 is 2.72 bits per heavy atom. The summed E-state index contributed by atoms with van der Waals surface area (Å²) in [5, 5.41) is 2.05. The van der Waals surface area contributed by atoms with Gasteiger partial charge in [0.05, 0.1) is 16.1 Å². The molecule has 1 fully saturated rings. The fraction of sp³-hybridized carbons (Fsp3) is 0.381. The molecule has 7 nitrogen and oxygen atoms in total. The lowest BCUT2D eigenvalue weighted by molar-refractivity contribution is 0.0703. The molecule has 3 aromatic rings. The highest BCUT2D eigenvalue weighted by Gasteiger charge is 2.28. The topological polar surface area (TPSA) is 75.1 Å². The summed E-state index contributed by atoms with van der Waals surface area (Å²) in [5.74, 6) is 1.51. The minimum atomic E-state index is -0.0360. The van der Waals surface area contributed by atoms with Crippen molar-refractivity contribution in [3.8, 4) is 10.6 Å². The van der Waals surface area contributed by atoms with Crippen molar-refractivity contribution in [1.29, 1.82) is 0 Å². The summed E-state index contributed by atoms with van der Waals surface area (Å²) < 4.78 is 0. The minimum Gasteiger partial charge on any atom is -0.347 e. The molecule has 1 aliphatic heterocycles. The van der Waals surface area contributed by atoms with Crippen LogP contribution >= 0.6 is 11.3 Å². The number of carbonyl (C=O) groups is 1. The first-order valence-corrected chi connectivity index (χ1v) is 10.6. The monoisotopic (exact) mass is 408 g/mol. The second-order valence-electron chi connectivity index (χ2n) is 7.49. The molecule has 4 heterocycles. The Bertz CT molecular complexity index is 987. The van der Waals surface area contributed by atoms with Crippen LogP contribution in [-0.2, 0) is 0 Å². The molecule has 0 aromatic carbocycles. The maximum absolute atomic E-state index is 13.0. The maximum Gasteiger partial charge on any atom is 0.257 e. The Kier molecular flexibility index (Phi) is 5.53. The molecule has 4 rings (SSSR count). The molecule has 0 spiro atoms. The lowest BCUT2D eigenvalue weighted by Gasteiger charge is -2.32. The molecule has 0 saturated carbocycles. The van der Waals surface area contributed by atoms with Gasteiger partial charge in [-0.2, -0.15) is 0 Å². The molecule has 29 heavy (non-hydrogen) atoms. The molecule has 3 aromatic heterocycles. The summed E-state index contributed by atoms with van der Waals surface area (Å²) in [7, 11) is 3.75. The van der Waals surface area contributed by atoms with Crippen molar-refractivity contribution in [2.75, 3.05) is 32.1 Å². The number of nitrogens with zero attached hydrogens (tertiary/aromatic N) is 6. The van der Waals surface area contributed by atoms with E-state index in [2.05, 4.69) is 21.4 Å². The zero-order valence-electron chi connectivity index (χ0n) is 16.9. The van der Waals surface area contributed by atoms with E-state index in [4.69, 9.17) is 9.97 Å². The van der Waals surface area contributed by atoms with Crippen LogP contribution in [0.4, 0.5) is 5.95 Å². The van der Waals surface area contributed by atoms with Crippen molar-refractivity contribution >= 4 is 23.2 Å². The number of aryl methyl sites for hydroxylation is 1. The van der Waals surface area contributed by atoms with Gasteiger partial charge in [-0.15, -0.1) is 11.3 Å². The van der Waals surface area contributed by atoms with Crippen molar-refractivity contribution in [2.24, 2.45) is 0 Å². The molecular formula is C21H24N6OS. The Morgan fingerprint density at radius 1 is 1.24 bits per heavy atom. The largest absolute Gasteiger partial charge is 0.347 e. The third-order valence-corrected chi connectivity index (χ3v) is 5.90. The van der Waals surface area contributed by atoms with E-state index in [1.807, 2.05) is 43.0 Å². The quantitative estimate of drug-likeness (QED) is 0.659. The molecule has 0 bridgehead atoms. The SMILES string of the molecule is Cc1cc(-c2cccs2)nc([C@@H]2CCCN(C(=O)c3cnc(N(C)C)nc3)C2)n1. The van der Waals surface area contributed by atoms with E-state index in [1.54, 1.807) is 23.7 Å². The number of rotatable bonds is 4. The standard InChI is InChI=1S/C21H24N6OS/c1-14-10-17(18-7-5-9-29-18)25-19(24-14)15-6-4-8-27(13-15)20(28)16-11-22-21(23-12-16)26(2)3/h5,7,9-12,15H,4,6,8,13H2,1-3H3/t15-/m1/s1. The van der Waals surface area contributed by atoms with Gasteiger partial charge in [-0.1, -0.05) is 6.07 Å². The molecule has 8 heteroatoms. The molecule has 1 saturated heterocycles. The Morgan fingerprint density at radius 2 is 2.03 bits per heavy atom. The third-order valence-electron chi connectivity index (χ3n) is 5.00. The highest BCUT2D eigenvalue weighted by Crippen LogP contribution is 2.29. The van der Waals surface area contributed by atoms with Crippen molar-refractivity contribution in [1.82, 2.24) is 24.8 Å². The molecule has 1 atom stereocenters. The Hall–Kier alpha value is -2.87. The van der Waals surface area contributed by atoms with Gasteiger partial charge in [0.2, 0.25) is 5.95 Å². The first-order chi connectivity index (χ1) is 14.0. The molecular weight excluding hydrogens is 384 g/mol. The fourth-order valence-corrected chi connectivity index (χ4v) is 4.23. The third kappa shape index (κ3) is 4.27. The van der Waals surface area contributed by atoms with Gasteiger partial charge in [0.25, 0.3) is 5.91 Å². The van der Waals surface area contributed by atoms with Crippen molar-refractivity contribution in [3.63, 3.8) is 0 Å². The predicted molar refractivity (Wildman–Crippen MR) is 114 cm³/mol. The van der Waals surface area contributed by atoms with Crippen LogP contribution in [0.5, 0.6) is 0 Å². The van der Waals surface area contributed by atoms with E-state index in [0.717, 1.165) is 41.5 Å². The molecule has 150 valence electrons. The van der Waals surface area contributed by atoms with E-state index in [0.29, 0.717) is 18.1 Å². The van der Waals surface area contributed by atoms with Crippen LogP contribution in [0.25, 0.3) is 10.6 Å². The van der Waals surface area contributed by atoms with E-state index in [9.17, 15) is 4.79 Å². The molecule has 0 unspecified atom stereocenters. The first kappa shape index (κ1) is 19.4. The molecule has 1 aliphatic rings. The van der Waals surface area contributed by atoms with Gasteiger partial charge < -0.3 is 9.80 Å². The van der Waals surface area contributed by atoms with Gasteiger partial charge in [-0.25, -0.2) is 19.9 Å². The van der Waals surface area contributed by atoms with Crippen LogP contribution in [0.1, 0.15) is 40.6 Å². The second-order valence-corrected chi connectivity index (χ2v) is 8.43. The van der Waals surface area contributed by atoms with E-state index in [-0.39, 0.29) is 11.8 Å². The number of amides is 1. The van der Waals surface area contributed by atoms with Gasteiger partial charge in [-0.05, 0) is 37.3 Å². The van der Waals surface area contributed by atoms with Gasteiger partial charge in [0.1, 0.15) is 5.82 Å². The van der Waals surface area contributed by atoms with E-state index >= 15 is 0 Å². The Labute approximate surface area is 174 Å². The number of thiophene rings is 1.